The number of hydrogen-bond donors (Lipinski definition) is 2. The van der Waals surface area contributed by atoms with E-state index in [1.54, 1.807) is 36.5 Å². The summed E-state index contributed by atoms with van der Waals surface area (Å²) in [5.41, 5.74) is 5.08. The molecule has 2 amide bonds. The van der Waals surface area contributed by atoms with Crippen LogP contribution in [0.25, 0.3) is 0 Å². The van der Waals surface area contributed by atoms with Crippen molar-refractivity contribution in [2.75, 3.05) is 5.32 Å². The third kappa shape index (κ3) is 5.12. The van der Waals surface area contributed by atoms with Gasteiger partial charge in [0.25, 0.3) is 11.8 Å². The van der Waals surface area contributed by atoms with Gasteiger partial charge in [-0.15, -0.1) is 11.3 Å². The van der Waals surface area contributed by atoms with E-state index in [4.69, 9.17) is 0 Å². The Kier molecular flexibility index (Phi) is 6.16. The van der Waals surface area contributed by atoms with E-state index in [1.807, 2.05) is 37.3 Å². The van der Waals surface area contributed by atoms with Crippen molar-refractivity contribution in [2.24, 2.45) is 5.10 Å². The first-order valence-corrected chi connectivity index (χ1v) is 9.69. The van der Waals surface area contributed by atoms with Gasteiger partial charge in [0.1, 0.15) is 0 Å². The first-order chi connectivity index (χ1) is 13.0. The van der Waals surface area contributed by atoms with Crippen LogP contribution >= 0.6 is 27.3 Å². The highest BCUT2D eigenvalue weighted by molar-refractivity contribution is 9.11. The topological polar surface area (TPSA) is 70.6 Å². The van der Waals surface area contributed by atoms with Gasteiger partial charge < -0.3 is 5.32 Å². The van der Waals surface area contributed by atoms with E-state index in [0.29, 0.717) is 16.8 Å². The van der Waals surface area contributed by atoms with Crippen molar-refractivity contribution in [3.8, 4) is 0 Å². The van der Waals surface area contributed by atoms with Gasteiger partial charge in [0, 0.05) is 21.7 Å². The van der Waals surface area contributed by atoms with Crippen LogP contribution in [0.1, 0.15) is 31.2 Å². The molecule has 2 aromatic carbocycles. The molecule has 0 fully saturated rings. The predicted molar refractivity (Wildman–Crippen MR) is 113 cm³/mol. The molecule has 136 valence electrons. The number of hydrogen-bond acceptors (Lipinski definition) is 4. The lowest BCUT2D eigenvalue weighted by atomic mass is 10.1. The molecule has 0 aliphatic carbocycles. The number of anilines is 1. The SMILES string of the molecule is Cc1ccccc1C(=O)Nc1ccc(C(=O)N/N=C/c2ccc(Br)s2)cc1. The maximum Gasteiger partial charge on any atom is 0.271 e. The average molecular weight is 442 g/mol. The molecule has 3 rings (SSSR count). The second kappa shape index (κ2) is 8.75. The van der Waals surface area contributed by atoms with Crippen LogP contribution in [0.15, 0.2) is 69.6 Å². The second-order valence-electron chi connectivity index (χ2n) is 5.69. The maximum atomic E-state index is 12.3. The number of halogens is 1. The smallest absolute Gasteiger partial charge is 0.271 e. The minimum Gasteiger partial charge on any atom is -0.322 e. The predicted octanol–water partition coefficient (Wildman–Crippen LogP) is 4.84. The van der Waals surface area contributed by atoms with E-state index in [0.717, 1.165) is 14.2 Å². The highest BCUT2D eigenvalue weighted by atomic mass is 79.9. The zero-order valence-electron chi connectivity index (χ0n) is 14.4. The number of nitrogens with zero attached hydrogens (tertiary/aromatic N) is 1. The van der Waals surface area contributed by atoms with E-state index < -0.39 is 0 Å². The minimum atomic E-state index is -0.321. The van der Waals surface area contributed by atoms with Crippen molar-refractivity contribution in [3.63, 3.8) is 0 Å². The normalized spacial score (nSPS) is 10.7. The van der Waals surface area contributed by atoms with Crippen LogP contribution in [-0.2, 0) is 0 Å². The lowest BCUT2D eigenvalue weighted by Crippen LogP contribution is -2.18. The Morgan fingerprint density at radius 2 is 1.74 bits per heavy atom. The third-order valence-corrected chi connectivity index (χ3v) is 5.30. The molecule has 0 atom stereocenters. The number of benzene rings is 2. The third-order valence-electron chi connectivity index (χ3n) is 3.75. The molecule has 0 aliphatic rings. The summed E-state index contributed by atoms with van der Waals surface area (Å²) in [6.45, 7) is 1.89. The van der Waals surface area contributed by atoms with Crippen molar-refractivity contribution in [2.45, 2.75) is 6.92 Å². The van der Waals surface area contributed by atoms with Gasteiger partial charge >= 0.3 is 0 Å². The quantitative estimate of drug-likeness (QED) is 0.439. The number of rotatable bonds is 5. The zero-order valence-corrected chi connectivity index (χ0v) is 16.8. The summed E-state index contributed by atoms with van der Waals surface area (Å²) in [5.74, 6) is -0.504. The van der Waals surface area contributed by atoms with Gasteiger partial charge in [0.2, 0.25) is 0 Å². The Morgan fingerprint density at radius 3 is 2.41 bits per heavy atom. The van der Waals surface area contributed by atoms with Crippen molar-refractivity contribution in [1.29, 1.82) is 0 Å². The van der Waals surface area contributed by atoms with Crippen LogP contribution in [0, 0.1) is 6.92 Å². The van der Waals surface area contributed by atoms with Gasteiger partial charge in [-0.05, 0) is 70.9 Å². The molecule has 0 bridgehead atoms. The molecule has 1 aromatic heterocycles. The Hall–Kier alpha value is -2.77. The summed E-state index contributed by atoms with van der Waals surface area (Å²) in [6, 6.07) is 17.8. The van der Waals surface area contributed by atoms with Gasteiger partial charge in [0.05, 0.1) is 10.0 Å². The van der Waals surface area contributed by atoms with Crippen LogP contribution in [0.2, 0.25) is 0 Å². The summed E-state index contributed by atoms with van der Waals surface area (Å²) in [5, 5.41) is 6.78. The first-order valence-electron chi connectivity index (χ1n) is 8.09. The molecule has 1 heterocycles. The molecule has 0 saturated heterocycles. The molecule has 5 nitrogen and oxygen atoms in total. The maximum absolute atomic E-state index is 12.3. The molecule has 7 heteroatoms. The fraction of sp³-hybridized carbons (Fsp3) is 0.0500. The van der Waals surface area contributed by atoms with Crippen LogP contribution in [0.5, 0.6) is 0 Å². The second-order valence-corrected chi connectivity index (χ2v) is 8.18. The van der Waals surface area contributed by atoms with Crippen molar-refractivity contribution >= 4 is 51.0 Å². The lowest BCUT2D eigenvalue weighted by Gasteiger charge is -2.08. The molecular formula is C20H16BrN3O2S. The average Bonchev–Trinajstić information content (AvgIpc) is 3.07. The number of carbonyl (C=O) groups excluding carboxylic acids is 2. The number of carbonyl (C=O) groups is 2. The van der Waals surface area contributed by atoms with Crippen molar-refractivity contribution < 1.29 is 9.59 Å². The number of nitrogens with one attached hydrogen (secondary N) is 2. The molecule has 0 spiro atoms. The summed E-state index contributed by atoms with van der Waals surface area (Å²) in [4.78, 5) is 25.4. The van der Waals surface area contributed by atoms with Crippen LogP contribution in [0.4, 0.5) is 5.69 Å². The molecule has 3 aromatic rings. The fourth-order valence-electron chi connectivity index (χ4n) is 2.35. The van der Waals surface area contributed by atoms with E-state index in [1.165, 1.54) is 11.3 Å². The van der Waals surface area contributed by atoms with E-state index in [9.17, 15) is 9.59 Å². The van der Waals surface area contributed by atoms with Gasteiger partial charge in [-0.2, -0.15) is 5.10 Å². The van der Waals surface area contributed by atoms with Gasteiger partial charge in [0.15, 0.2) is 0 Å². The fourth-order valence-corrected chi connectivity index (χ4v) is 3.64. The molecule has 0 saturated carbocycles. The summed E-state index contributed by atoms with van der Waals surface area (Å²) in [6.07, 6.45) is 1.59. The Balaban J connectivity index is 1.59. The Morgan fingerprint density at radius 1 is 1.00 bits per heavy atom. The number of thiophene rings is 1. The molecule has 27 heavy (non-hydrogen) atoms. The standard InChI is InChI=1S/C20H16BrN3O2S/c1-13-4-2-3-5-17(13)20(26)23-15-8-6-14(7-9-15)19(25)24-22-12-16-10-11-18(21)27-16/h2-12H,1H3,(H,23,26)(H,24,25)/b22-12+. The largest absolute Gasteiger partial charge is 0.322 e. The summed E-state index contributed by atoms with van der Waals surface area (Å²) < 4.78 is 0.999. The van der Waals surface area contributed by atoms with E-state index in [-0.39, 0.29) is 11.8 Å². The minimum absolute atomic E-state index is 0.183. The monoisotopic (exact) mass is 441 g/mol. The molecular weight excluding hydrogens is 426 g/mol. The molecule has 2 N–H and O–H groups in total. The zero-order chi connectivity index (χ0) is 19.2. The van der Waals surface area contributed by atoms with Crippen molar-refractivity contribution in [1.82, 2.24) is 5.43 Å². The summed E-state index contributed by atoms with van der Waals surface area (Å²) in [7, 11) is 0. The molecule has 0 unspecified atom stereocenters. The molecule has 0 radical (unpaired) electrons. The number of aryl methyl sites for hydroxylation is 1. The highest BCUT2D eigenvalue weighted by Crippen LogP contribution is 2.20. The number of amides is 2. The first kappa shape index (κ1) is 19.0. The lowest BCUT2D eigenvalue weighted by molar-refractivity contribution is 0.0954. The Bertz CT molecular complexity index is 996. The van der Waals surface area contributed by atoms with Crippen molar-refractivity contribution in [3.05, 3.63) is 86.0 Å². The van der Waals surface area contributed by atoms with E-state index >= 15 is 0 Å². The number of hydrazone groups is 1. The van der Waals surface area contributed by atoms with Gasteiger partial charge in [-0.3, -0.25) is 9.59 Å². The summed E-state index contributed by atoms with van der Waals surface area (Å²) >= 11 is 4.89. The van der Waals surface area contributed by atoms with E-state index in [2.05, 4.69) is 31.8 Å². The van der Waals surface area contributed by atoms with Gasteiger partial charge in [-0.25, -0.2) is 5.43 Å². The van der Waals surface area contributed by atoms with Gasteiger partial charge in [-0.1, -0.05) is 18.2 Å². The van der Waals surface area contributed by atoms with Crippen LogP contribution in [-0.4, -0.2) is 18.0 Å². The van der Waals surface area contributed by atoms with Crippen LogP contribution < -0.4 is 10.7 Å². The highest BCUT2D eigenvalue weighted by Gasteiger charge is 2.09. The Labute approximate surface area is 169 Å². The molecule has 0 aliphatic heterocycles. The van der Waals surface area contributed by atoms with Crippen LogP contribution in [0.3, 0.4) is 0 Å².